The van der Waals surface area contributed by atoms with Crippen LogP contribution in [0, 0.1) is 0 Å². The van der Waals surface area contributed by atoms with Gasteiger partial charge in [-0.3, -0.25) is 4.79 Å². The average molecular weight is 384 g/mol. The molecule has 0 fully saturated rings. The van der Waals surface area contributed by atoms with E-state index in [9.17, 15) is 4.79 Å². The largest absolute Gasteiger partial charge is 0.389 e. The number of thiocarbonyl (C=S) groups is 1. The monoisotopic (exact) mass is 382 g/mol. The molecule has 3 N–H and O–H groups in total. The van der Waals surface area contributed by atoms with Crippen molar-refractivity contribution in [3.63, 3.8) is 0 Å². The van der Waals surface area contributed by atoms with Crippen LogP contribution in [0.3, 0.4) is 0 Å². The number of rotatable bonds is 4. The highest BCUT2D eigenvalue weighted by Crippen LogP contribution is 2.25. The van der Waals surface area contributed by atoms with Crippen molar-refractivity contribution in [2.45, 2.75) is 6.42 Å². The maximum Gasteiger partial charge on any atom is 0.228 e. The summed E-state index contributed by atoms with van der Waals surface area (Å²) in [5.41, 5.74) is 7.77. The summed E-state index contributed by atoms with van der Waals surface area (Å²) in [6.07, 6.45) is 0.250. The smallest absolute Gasteiger partial charge is 0.228 e. The van der Waals surface area contributed by atoms with E-state index < -0.39 is 0 Å². The highest BCUT2D eigenvalue weighted by Gasteiger charge is 2.08. The molecule has 0 saturated carbocycles. The molecule has 0 radical (unpaired) electrons. The maximum absolute atomic E-state index is 12.0. The van der Waals surface area contributed by atoms with Gasteiger partial charge in [0.1, 0.15) is 4.99 Å². The van der Waals surface area contributed by atoms with Gasteiger partial charge in [-0.1, -0.05) is 64.0 Å². The predicted molar refractivity (Wildman–Crippen MR) is 93.8 cm³/mol. The van der Waals surface area contributed by atoms with Crippen LogP contribution in [0.25, 0.3) is 0 Å². The van der Waals surface area contributed by atoms with Gasteiger partial charge >= 0.3 is 0 Å². The summed E-state index contributed by atoms with van der Waals surface area (Å²) >= 11 is 14.3. The second-order valence-corrected chi connectivity index (χ2v) is 6.17. The molecule has 0 aromatic heterocycles. The van der Waals surface area contributed by atoms with Crippen molar-refractivity contribution in [1.29, 1.82) is 0 Å². The summed E-state index contributed by atoms with van der Waals surface area (Å²) in [4.78, 5) is 12.4. The van der Waals surface area contributed by atoms with Crippen LogP contribution in [0.5, 0.6) is 0 Å². The van der Waals surface area contributed by atoms with Crippen LogP contribution in [0.4, 0.5) is 5.69 Å². The molecule has 0 saturated heterocycles. The van der Waals surface area contributed by atoms with Gasteiger partial charge < -0.3 is 11.1 Å². The Morgan fingerprint density at radius 1 is 1.24 bits per heavy atom. The SMILES string of the molecule is NC(=S)c1ccc(CC(=O)Nc2cc(Br)ccc2Cl)cc1. The number of anilines is 1. The molecule has 1 amide bonds. The molecule has 0 bridgehead atoms. The third kappa shape index (κ3) is 4.52. The molecule has 0 aliphatic heterocycles. The molecule has 0 unspecified atom stereocenters. The van der Waals surface area contributed by atoms with Gasteiger partial charge in [0.2, 0.25) is 5.91 Å². The van der Waals surface area contributed by atoms with Crippen LogP contribution in [0.2, 0.25) is 5.02 Å². The van der Waals surface area contributed by atoms with Crippen LogP contribution < -0.4 is 11.1 Å². The normalized spacial score (nSPS) is 10.2. The Bertz CT molecular complexity index is 689. The minimum atomic E-state index is -0.141. The summed E-state index contributed by atoms with van der Waals surface area (Å²) in [7, 11) is 0. The zero-order valence-electron chi connectivity index (χ0n) is 10.9. The van der Waals surface area contributed by atoms with Crippen molar-refractivity contribution in [1.82, 2.24) is 0 Å². The van der Waals surface area contributed by atoms with Gasteiger partial charge in [0.15, 0.2) is 0 Å². The van der Waals surface area contributed by atoms with Gasteiger partial charge in [0, 0.05) is 10.0 Å². The van der Waals surface area contributed by atoms with Crippen molar-refractivity contribution < 1.29 is 4.79 Å². The van der Waals surface area contributed by atoms with Crippen LogP contribution >= 0.6 is 39.7 Å². The Labute approximate surface area is 141 Å². The molecule has 0 heterocycles. The van der Waals surface area contributed by atoms with Gasteiger partial charge in [-0.15, -0.1) is 0 Å². The minimum Gasteiger partial charge on any atom is -0.389 e. The minimum absolute atomic E-state index is 0.141. The van der Waals surface area contributed by atoms with E-state index in [1.165, 1.54) is 0 Å². The quantitative estimate of drug-likeness (QED) is 0.787. The van der Waals surface area contributed by atoms with Gasteiger partial charge in [0.05, 0.1) is 17.1 Å². The predicted octanol–water partition coefficient (Wildman–Crippen LogP) is 3.92. The van der Waals surface area contributed by atoms with E-state index in [0.717, 1.165) is 15.6 Å². The first-order valence-electron chi connectivity index (χ1n) is 6.09. The number of hydrogen-bond donors (Lipinski definition) is 2. The lowest BCUT2D eigenvalue weighted by molar-refractivity contribution is -0.115. The van der Waals surface area contributed by atoms with Crippen molar-refractivity contribution in [3.8, 4) is 0 Å². The first-order chi connectivity index (χ1) is 9.95. The summed E-state index contributed by atoms with van der Waals surface area (Å²) in [6.45, 7) is 0. The van der Waals surface area contributed by atoms with Gasteiger partial charge in [-0.25, -0.2) is 0 Å². The topological polar surface area (TPSA) is 55.1 Å². The van der Waals surface area contributed by atoms with E-state index in [4.69, 9.17) is 29.6 Å². The number of carbonyl (C=O) groups is 1. The number of nitrogens with two attached hydrogens (primary N) is 1. The fourth-order valence-electron chi connectivity index (χ4n) is 1.76. The molecule has 6 heteroatoms. The Morgan fingerprint density at radius 3 is 2.52 bits per heavy atom. The number of benzene rings is 2. The number of carbonyl (C=O) groups excluding carboxylic acids is 1. The number of nitrogens with one attached hydrogen (secondary N) is 1. The van der Waals surface area contributed by atoms with Crippen molar-refractivity contribution >= 4 is 56.3 Å². The van der Waals surface area contributed by atoms with Crippen LogP contribution in [-0.2, 0) is 11.2 Å². The molecule has 2 aromatic carbocycles. The highest BCUT2D eigenvalue weighted by atomic mass is 79.9. The zero-order valence-corrected chi connectivity index (χ0v) is 14.1. The second kappa shape index (κ2) is 7.02. The number of hydrogen-bond acceptors (Lipinski definition) is 2. The van der Waals surface area contributed by atoms with Gasteiger partial charge in [-0.05, 0) is 23.8 Å². The third-order valence-corrected chi connectivity index (χ3v) is 3.86. The molecule has 21 heavy (non-hydrogen) atoms. The molecule has 0 aliphatic rings. The summed E-state index contributed by atoms with van der Waals surface area (Å²) in [5.74, 6) is -0.141. The summed E-state index contributed by atoms with van der Waals surface area (Å²) < 4.78 is 0.850. The second-order valence-electron chi connectivity index (χ2n) is 4.41. The molecule has 0 aliphatic carbocycles. The molecule has 0 spiro atoms. The van der Waals surface area contributed by atoms with Crippen LogP contribution in [0.1, 0.15) is 11.1 Å². The Morgan fingerprint density at radius 2 is 1.90 bits per heavy atom. The highest BCUT2D eigenvalue weighted by molar-refractivity contribution is 9.10. The lowest BCUT2D eigenvalue weighted by Gasteiger charge is -2.08. The van der Waals surface area contributed by atoms with Gasteiger partial charge in [0.25, 0.3) is 0 Å². The number of amides is 1. The average Bonchev–Trinajstić information content (AvgIpc) is 2.43. The van der Waals surface area contributed by atoms with E-state index in [-0.39, 0.29) is 12.3 Å². The van der Waals surface area contributed by atoms with Crippen LogP contribution in [0.15, 0.2) is 46.9 Å². The maximum atomic E-state index is 12.0. The van der Waals surface area contributed by atoms with E-state index in [0.29, 0.717) is 15.7 Å². The first kappa shape index (κ1) is 15.9. The first-order valence-corrected chi connectivity index (χ1v) is 7.67. The van der Waals surface area contributed by atoms with Gasteiger partial charge in [-0.2, -0.15) is 0 Å². The zero-order chi connectivity index (χ0) is 15.4. The number of halogens is 2. The lowest BCUT2D eigenvalue weighted by Crippen LogP contribution is -2.15. The molecular formula is C15H12BrClN2OS. The van der Waals surface area contributed by atoms with Crippen LogP contribution in [-0.4, -0.2) is 10.9 Å². The fourth-order valence-corrected chi connectivity index (χ4v) is 2.42. The lowest BCUT2D eigenvalue weighted by atomic mass is 10.1. The summed E-state index contributed by atoms with van der Waals surface area (Å²) in [5, 5.41) is 3.28. The Balaban J connectivity index is 2.04. The molecule has 0 atom stereocenters. The molecule has 2 rings (SSSR count). The fraction of sp³-hybridized carbons (Fsp3) is 0.0667. The van der Waals surface area contributed by atoms with E-state index in [2.05, 4.69) is 21.2 Å². The van der Waals surface area contributed by atoms with E-state index in [1.54, 1.807) is 24.3 Å². The van der Waals surface area contributed by atoms with E-state index >= 15 is 0 Å². The summed E-state index contributed by atoms with van der Waals surface area (Å²) in [6, 6.07) is 12.6. The molecule has 108 valence electrons. The standard InChI is InChI=1S/C15H12BrClN2OS/c16-11-5-6-12(17)13(8-11)19-14(20)7-9-1-3-10(4-2-9)15(18)21/h1-6,8H,7H2,(H2,18,21)(H,19,20). The third-order valence-electron chi connectivity index (χ3n) is 2.81. The molecular weight excluding hydrogens is 372 g/mol. The van der Waals surface area contributed by atoms with E-state index in [1.807, 2.05) is 18.2 Å². The van der Waals surface area contributed by atoms with Crippen molar-refractivity contribution in [2.24, 2.45) is 5.73 Å². The Kier molecular flexibility index (Phi) is 5.33. The Hall–Kier alpha value is -1.43. The van der Waals surface area contributed by atoms with Crippen molar-refractivity contribution in [2.75, 3.05) is 5.32 Å². The molecule has 2 aromatic rings. The molecule has 3 nitrogen and oxygen atoms in total. The van der Waals surface area contributed by atoms with Crippen molar-refractivity contribution in [3.05, 3.63) is 63.1 Å².